The van der Waals surface area contributed by atoms with Gasteiger partial charge in [0.25, 0.3) is 0 Å². The van der Waals surface area contributed by atoms with Crippen LogP contribution >= 0.6 is 11.6 Å². The van der Waals surface area contributed by atoms with E-state index in [1.54, 1.807) is 25.1 Å². The van der Waals surface area contributed by atoms with Crippen LogP contribution in [0.1, 0.15) is 22.9 Å². The fourth-order valence-corrected chi connectivity index (χ4v) is 2.54. The monoisotopic (exact) mass is 309 g/mol. The number of rotatable bonds is 6. The molecule has 1 aromatic heterocycles. The van der Waals surface area contributed by atoms with Gasteiger partial charge in [0.15, 0.2) is 0 Å². The summed E-state index contributed by atoms with van der Waals surface area (Å²) in [7, 11) is 3.28. The molecule has 0 bridgehead atoms. The van der Waals surface area contributed by atoms with Crippen molar-refractivity contribution in [1.82, 2.24) is 9.78 Å². The average molecular weight is 310 g/mol. The third-order valence-electron chi connectivity index (χ3n) is 3.36. The number of nitrogens with zero attached hydrogens (tertiary/aromatic N) is 2. The van der Waals surface area contributed by atoms with Gasteiger partial charge >= 0.3 is 0 Å². The minimum Gasteiger partial charge on any atom is -0.496 e. The van der Waals surface area contributed by atoms with Gasteiger partial charge in [0.2, 0.25) is 0 Å². The predicted octanol–water partition coefficient (Wildman–Crippen LogP) is 2.55. The second kappa shape index (κ2) is 6.93. The lowest BCUT2D eigenvalue weighted by Crippen LogP contribution is -2.20. The van der Waals surface area contributed by atoms with Crippen molar-refractivity contribution in [3.63, 3.8) is 0 Å². The first-order valence-electron chi connectivity index (χ1n) is 6.68. The van der Waals surface area contributed by atoms with Crippen LogP contribution in [0.4, 0.5) is 0 Å². The van der Waals surface area contributed by atoms with Gasteiger partial charge in [-0.2, -0.15) is 5.10 Å². The van der Waals surface area contributed by atoms with E-state index in [1.807, 2.05) is 25.1 Å². The molecule has 0 saturated carbocycles. The van der Waals surface area contributed by atoms with Crippen LogP contribution in [0.5, 0.6) is 5.75 Å². The molecule has 1 atom stereocenters. The van der Waals surface area contributed by atoms with Gasteiger partial charge < -0.3 is 15.2 Å². The maximum Gasteiger partial charge on any atom is 0.124 e. The van der Waals surface area contributed by atoms with Crippen molar-refractivity contribution in [2.75, 3.05) is 20.8 Å². The lowest BCUT2D eigenvalue weighted by molar-refractivity contribution is 0.182. The zero-order valence-corrected chi connectivity index (χ0v) is 13.2. The summed E-state index contributed by atoms with van der Waals surface area (Å²) in [6.45, 7) is 3.16. The fraction of sp³-hybridized carbons (Fsp3) is 0.400. The van der Waals surface area contributed by atoms with Gasteiger partial charge in [0.05, 0.1) is 43.2 Å². The second-order valence-corrected chi connectivity index (χ2v) is 5.22. The number of halogens is 1. The highest BCUT2D eigenvalue weighted by Gasteiger charge is 2.21. The Balaban J connectivity index is 2.42. The molecule has 0 aliphatic heterocycles. The lowest BCUT2D eigenvalue weighted by Gasteiger charge is -2.18. The van der Waals surface area contributed by atoms with Crippen molar-refractivity contribution in [3.05, 3.63) is 46.2 Å². The first-order valence-corrected chi connectivity index (χ1v) is 7.06. The number of aryl methyl sites for hydroxylation is 1. The Bertz CT molecular complexity index is 613. The number of ether oxygens (including phenoxy) is 2. The second-order valence-electron chi connectivity index (χ2n) is 4.82. The van der Waals surface area contributed by atoms with Crippen LogP contribution in [0.25, 0.3) is 0 Å². The molecule has 0 aliphatic rings. The summed E-state index contributed by atoms with van der Waals surface area (Å²) in [5, 5.41) is 4.81. The molecule has 114 valence electrons. The molecule has 2 N–H and O–H groups in total. The number of hydrogen-bond acceptors (Lipinski definition) is 4. The van der Waals surface area contributed by atoms with Crippen LogP contribution in [-0.4, -0.2) is 30.6 Å². The van der Waals surface area contributed by atoms with Gasteiger partial charge in [-0.25, -0.2) is 0 Å². The molecule has 0 amide bonds. The molecule has 1 heterocycles. The molecule has 0 spiro atoms. The van der Waals surface area contributed by atoms with Crippen molar-refractivity contribution < 1.29 is 9.47 Å². The molecule has 21 heavy (non-hydrogen) atoms. The molecular formula is C15H20ClN3O2. The Hall–Kier alpha value is -1.56. The topological polar surface area (TPSA) is 62.3 Å². The summed E-state index contributed by atoms with van der Waals surface area (Å²) in [6, 6.07) is 5.49. The standard InChI is InChI=1S/C15H20ClN3O2/c1-10-4-5-13(21-3)11(8-10)14(17)15-12(16)9-18-19(15)6-7-20-2/h4-5,8-9,14H,6-7,17H2,1-3H3. The Kier molecular flexibility index (Phi) is 5.22. The van der Waals surface area contributed by atoms with Crippen LogP contribution in [-0.2, 0) is 11.3 Å². The summed E-state index contributed by atoms with van der Waals surface area (Å²) >= 11 is 6.26. The SMILES string of the molecule is COCCn1ncc(Cl)c1C(N)c1cc(C)ccc1OC. The van der Waals surface area contributed by atoms with Crippen molar-refractivity contribution in [2.45, 2.75) is 19.5 Å². The third kappa shape index (κ3) is 3.37. The van der Waals surface area contributed by atoms with E-state index >= 15 is 0 Å². The largest absolute Gasteiger partial charge is 0.496 e. The minimum absolute atomic E-state index is 0.410. The number of methoxy groups -OCH3 is 2. The van der Waals surface area contributed by atoms with Gasteiger partial charge in [-0.05, 0) is 13.0 Å². The van der Waals surface area contributed by atoms with E-state index in [4.69, 9.17) is 26.8 Å². The molecule has 2 aromatic rings. The van der Waals surface area contributed by atoms with Gasteiger partial charge in [-0.1, -0.05) is 29.3 Å². The highest BCUT2D eigenvalue weighted by Crippen LogP contribution is 2.32. The van der Waals surface area contributed by atoms with E-state index in [0.29, 0.717) is 18.2 Å². The normalized spacial score (nSPS) is 12.4. The molecule has 0 aliphatic carbocycles. The Morgan fingerprint density at radius 2 is 2.14 bits per heavy atom. The summed E-state index contributed by atoms with van der Waals surface area (Å²) in [4.78, 5) is 0. The van der Waals surface area contributed by atoms with Gasteiger partial charge in [-0.3, -0.25) is 4.68 Å². The van der Waals surface area contributed by atoms with E-state index in [-0.39, 0.29) is 0 Å². The van der Waals surface area contributed by atoms with E-state index < -0.39 is 6.04 Å². The number of hydrogen-bond donors (Lipinski definition) is 1. The van der Waals surface area contributed by atoms with E-state index in [0.717, 1.165) is 22.6 Å². The molecule has 1 unspecified atom stereocenters. The molecular weight excluding hydrogens is 290 g/mol. The van der Waals surface area contributed by atoms with Gasteiger partial charge in [0.1, 0.15) is 5.75 Å². The zero-order valence-electron chi connectivity index (χ0n) is 12.5. The highest BCUT2D eigenvalue weighted by molar-refractivity contribution is 6.31. The minimum atomic E-state index is -0.410. The molecule has 0 radical (unpaired) electrons. The predicted molar refractivity (Wildman–Crippen MR) is 82.9 cm³/mol. The summed E-state index contributed by atoms with van der Waals surface area (Å²) in [5.74, 6) is 0.739. The maximum absolute atomic E-state index is 6.41. The first kappa shape index (κ1) is 15.8. The van der Waals surface area contributed by atoms with Crippen molar-refractivity contribution >= 4 is 11.6 Å². The summed E-state index contributed by atoms with van der Waals surface area (Å²) in [6.07, 6.45) is 1.61. The van der Waals surface area contributed by atoms with Crippen LogP contribution in [0.3, 0.4) is 0 Å². The number of benzene rings is 1. The number of nitrogens with two attached hydrogens (primary N) is 1. The summed E-state index contributed by atoms with van der Waals surface area (Å²) < 4.78 is 12.3. The Morgan fingerprint density at radius 3 is 2.81 bits per heavy atom. The quantitative estimate of drug-likeness (QED) is 0.890. The fourth-order valence-electron chi connectivity index (χ4n) is 2.28. The van der Waals surface area contributed by atoms with Crippen LogP contribution < -0.4 is 10.5 Å². The third-order valence-corrected chi connectivity index (χ3v) is 3.65. The van der Waals surface area contributed by atoms with Crippen LogP contribution in [0, 0.1) is 6.92 Å². The van der Waals surface area contributed by atoms with Crippen molar-refractivity contribution in [2.24, 2.45) is 5.73 Å². The van der Waals surface area contributed by atoms with Crippen LogP contribution in [0.2, 0.25) is 5.02 Å². The van der Waals surface area contributed by atoms with Gasteiger partial charge in [-0.15, -0.1) is 0 Å². The molecule has 0 saturated heterocycles. The Morgan fingerprint density at radius 1 is 1.38 bits per heavy atom. The first-order chi connectivity index (χ1) is 10.1. The lowest BCUT2D eigenvalue weighted by atomic mass is 10.0. The highest BCUT2D eigenvalue weighted by atomic mass is 35.5. The van der Waals surface area contributed by atoms with E-state index in [2.05, 4.69) is 5.10 Å². The van der Waals surface area contributed by atoms with Gasteiger partial charge in [0, 0.05) is 12.7 Å². The molecule has 0 fully saturated rings. The summed E-state index contributed by atoms with van der Waals surface area (Å²) in [5.41, 5.74) is 9.17. The zero-order chi connectivity index (χ0) is 15.4. The smallest absolute Gasteiger partial charge is 0.124 e. The maximum atomic E-state index is 6.41. The molecule has 5 nitrogen and oxygen atoms in total. The van der Waals surface area contributed by atoms with Crippen molar-refractivity contribution in [3.8, 4) is 5.75 Å². The molecule has 1 aromatic carbocycles. The number of aromatic nitrogens is 2. The van der Waals surface area contributed by atoms with Crippen molar-refractivity contribution in [1.29, 1.82) is 0 Å². The Labute approximate surface area is 129 Å². The molecule has 6 heteroatoms. The van der Waals surface area contributed by atoms with Crippen LogP contribution in [0.15, 0.2) is 24.4 Å². The van der Waals surface area contributed by atoms with E-state index in [9.17, 15) is 0 Å². The van der Waals surface area contributed by atoms with E-state index in [1.165, 1.54) is 0 Å². The average Bonchev–Trinajstić information content (AvgIpc) is 2.85. The molecule has 2 rings (SSSR count).